The Morgan fingerprint density at radius 1 is 1.77 bits per heavy atom. The van der Waals surface area contributed by atoms with E-state index in [-0.39, 0.29) is 13.0 Å². The molecular weight excluding hydrogens is 177 g/mol. The van der Waals surface area contributed by atoms with Crippen LogP contribution in [0.25, 0.3) is 0 Å². The second-order valence-corrected chi connectivity index (χ2v) is 2.88. The molecule has 0 saturated carbocycles. The Morgan fingerprint density at radius 2 is 2.46 bits per heavy atom. The van der Waals surface area contributed by atoms with Crippen LogP contribution in [0.15, 0.2) is 0 Å². The number of alkyl halides is 1. The number of ether oxygens (including phenoxy) is 1. The smallest absolute Gasteiger partial charge is 0.353 e. The summed E-state index contributed by atoms with van der Waals surface area (Å²) in [6.07, 6.45) is 0.374. The van der Waals surface area contributed by atoms with Crippen LogP contribution in [-0.4, -0.2) is 30.7 Å². The number of carbonyl (C=O) groups is 2. The molecule has 1 fully saturated rings. The Morgan fingerprint density at radius 3 is 3.00 bits per heavy atom. The van der Waals surface area contributed by atoms with Gasteiger partial charge in [0.1, 0.15) is 0 Å². The number of halogens is 1. The molecule has 1 atom stereocenters. The van der Waals surface area contributed by atoms with Crippen molar-refractivity contribution in [3.05, 3.63) is 0 Å². The van der Waals surface area contributed by atoms with E-state index >= 15 is 0 Å². The highest BCUT2D eigenvalue weighted by atomic mass is 19.1. The molecule has 0 spiro atoms. The molecule has 0 aromatic rings. The van der Waals surface area contributed by atoms with Crippen molar-refractivity contribution in [2.75, 3.05) is 13.2 Å². The summed E-state index contributed by atoms with van der Waals surface area (Å²) in [6, 6.07) is 0. The van der Waals surface area contributed by atoms with Gasteiger partial charge >= 0.3 is 5.97 Å². The number of piperidine rings is 1. The molecule has 1 saturated heterocycles. The summed E-state index contributed by atoms with van der Waals surface area (Å²) < 4.78 is 18.1. The first kappa shape index (κ1) is 9.95. The molecule has 1 aliphatic rings. The third-order valence-electron chi connectivity index (χ3n) is 1.94. The molecular formula is C8H12FNO3. The fourth-order valence-corrected chi connectivity index (χ4v) is 1.23. The Hall–Kier alpha value is -1.13. The van der Waals surface area contributed by atoms with Gasteiger partial charge in [-0.25, -0.2) is 9.18 Å². The lowest BCUT2D eigenvalue weighted by atomic mass is 9.95. The predicted octanol–water partition coefficient (Wildman–Crippen LogP) is 0.168. The maximum absolute atomic E-state index is 13.7. The van der Waals surface area contributed by atoms with Crippen LogP contribution in [0.1, 0.15) is 19.8 Å². The van der Waals surface area contributed by atoms with Gasteiger partial charge in [0.2, 0.25) is 0 Å². The second kappa shape index (κ2) is 3.72. The lowest BCUT2D eigenvalue weighted by Crippen LogP contribution is -2.53. The zero-order valence-corrected chi connectivity index (χ0v) is 7.43. The molecule has 1 heterocycles. The highest BCUT2D eigenvalue weighted by Crippen LogP contribution is 2.23. The number of carbonyl (C=O) groups excluding carboxylic acids is 2. The molecule has 1 rings (SSSR count). The minimum absolute atomic E-state index is 0.0811. The van der Waals surface area contributed by atoms with Crippen LogP contribution in [0.3, 0.4) is 0 Å². The van der Waals surface area contributed by atoms with Crippen molar-refractivity contribution in [3.63, 3.8) is 0 Å². The normalized spacial score (nSPS) is 28.0. The van der Waals surface area contributed by atoms with Gasteiger partial charge < -0.3 is 10.1 Å². The van der Waals surface area contributed by atoms with E-state index in [4.69, 9.17) is 0 Å². The van der Waals surface area contributed by atoms with Crippen molar-refractivity contribution < 1.29 is 18.7 Å². The number of hydrogen-bond donors (Lipinski definition) is 1. The van der Waals surface area contributed by atoms with Crippen LogP contribution in [-0.2, 0) is 14.3 Å². The minimum atomic E-state index is -2.46. The van der Waals surface area contributed by atoms with Crippen molar-refractivity contribution in [3.8, 4) is 0 Å². The summed E-state index contributed by atoms with van der Waals surface area (Å²) in [4.78, 5) is 22.1. The number of amides is 1. The Labute approximate surface area is 75.4 Å². The van der Waals surface area contributed by atoms with Gasteiger partial charge in [0, 0.05) is 13.0 Å². The molecule has 1 amide bonds. The summed E-state index contributed by atoms with van der Waals surface area (Å²) in [5, 5.41) is 2.30. The first-order valence-corrected chi connectivity index (χ1v) is 4.25. The van der Waals surface area contributed by atoms with Crippen molar-refractivity contribution >= 4 is 11.9 Å². The third-order valence-corrected chi connectivity index (χ3v) is 1.94. The molecule has 13 heavy (non-hydrogen) atoms. The van der Waals surface area contributed by atoms with E-state index in [1.54, 1.807) is 6.92 Å². The van der Waals surface area contributed by atoms with Crippen LogP contribution in [0.4, 0.5) is 4.39 Å². The van der Waals surface area contributed by atoms with E-state index in [2.05, 4.69) is 10.1 Å². The van der Waals surface area contributed by atoms with E-state index < -0.39 is 17.5 Å². The highest BCUT2D eigenvalue weighted by molar-refractivity contribution is 6.06. The van der Waals surface area contributed by atoms with Crippen molar-refractivity contribution in [2.45, 2.75) is 25.4 Å². The summed E-state index contributed by atoms with van der Waals surface area (Å²) >= 11 is 0. The molecule has 1 aliphatic heterocycles. The molecule has 0 bridgehead atoms. The van der Waals surface area contributed by atoms with Gasteiger partial charge in [0.25, 0.3) is 11.6 Å². The number of hydrogen-bond acceptors (Lipinski definition) is 3. The van der Waals surface area contributed by atoms with Gasteiger partial charge in [0.15, 0.2) is 0 Å². The summed E-state index contributed by atoms with van der Waals surface area (Å²) in [5.74, 6) is -1.95. The maximum Gasteiger partial charge on any atom is 0.353 e. The van der Waals surface area contributed by atoms with Crippen LogP contribution >= 0.6 is 0 Å². The molecule has 0 radical (unpaired) electrons. The largest absolute Gasteiger partial charge is 0.463 e. The quantitative estimate of drug-likeness (QED) is 0.497. The molecule has 0 aromatic heterocycles. The standard InChI is InChI=1S/C8H12FNO3/c1-2-13-7(12)8(9)4-3-5-10-6(8)11/h2-5H2,1H3,(H,10,11). The number of rotatable bonds is 2. The van der Waals surface area contributed by atoms with E-state index in [1.165, 1.54) is 0 Å². The maximum atomic E-state index is 13.7. The molecule has 1 unspecified atom stereocenters. The van der Waals surface area contributed by atoms with Gasteiger partial charge in [-0.2, -0.15) is 0 Å². The van der Waals surface area contributed by atoms with Crippen molar-refractivity contribution in [1.29, 1.82) is 0 Å². The second-order valence-electron chi connectivity index (χ2n) is 2.88. The average Bonchev–Trinajstić information content (AvgIpc) is 2.11. The van der Waals surface area contributed by atoms with Crippen molar-refractivity contribution in [1.82, 2.24) is 5.32 Å². The number of esters is 1. The van der Waals surface area contributed by atoms with Gasteiger partial charge in [-0.05, 0) is 13.3 Å². The number of nitrogens with one attached hydrogen (secondary N) is 1. The van der Waals surface area contributed by atoms with Gasteiger partial charge in [-0.15, -0.1) is 0 Å². The van der Waals surface area contributed by atoms with Gasteiger partial charge in [-0.3, -0.25) is 4.79 Å². The monoisotopic (exact) mass is 189 g/mol. The fraction of sp³-hybridized carbons (Fsp3) is 0.750. The molecule has 4 nitrogen and oxygen atoms in total. The molecule has 5 heteroatoms. The fourth-order valence-electron chi connectivity index (χ4n) is 1.23. The third kappa shape index (κ3) is 1.79. The summed E-state index contributed by atoms with van der Waals surface area (Å²) in [6.45, 7) is 2.07. The van der Waals surface area contributed by atoms with E-state index in [0.29, 0.717) is 13.0 Å². The van der Waals surface area contributed by atoms with Crippen LogP contribution in [0.5, 0.6) is 0 Å². The Balaban J connectivity index is 2.71. The SMILES string of the molecule is CCOC(=O)C1(F)CCCNC1=O. The first-order chi connectivity index (χ1) is 6.11. The van der Waals surface area contributed by atoms with Crippen molar-refractivity contribution in [2.24, 2.45) is 0 Å². The molecule has 0 aliphatic carbocycles. The topological polar surface area (TPSA) is 55.4 Å². The summed E-state index contributed by atoms with van der Waals surface area (Å²) in [5.41, 5.74) is -2.46. The van der Waals surface area contributed by atoms with E-state index in [9.17, 15) is 14.0 Å². The Bertz CT molecular complexity index is 231. The first-order valence-electron chi connectivity index (χ1n) is 4.25. The predicted molar refractivity (Wildman–Crippen MR) is 42.7 cm³/mol. The summed E-state index contributed by atoms with van der Waals surface area (Å²) in [7, 11) is 0. The van der Waals surface area contributed by atoms with Gasteiger partial charge in [0.05, 0.1) is 6.61 Å². The zero-order valence-electron chi connectivity index (χ0n) is 7.43. The zero-order chi connectivity index (χ0) is 9.90. The van der Waals surface area contributed by atoms with Gasteiger partial charge in [-0.1, -0.05) is 0 Å². The van der Waals surface area contributed by atoms with E-state index in [0.717, 1.165) is 0 Å². The molecule has 0 aromatic carbocycles. The van der Waals surface area contributed by atoms with Crippen LogP contribution in [0.2, 0.25) is 0 Å². The minimum Gasteiger partial charge on any atom is -0.463 e. The lowest BCUT2D eigenvalue weighted by molar-refractivity contribution is -0.165. The molecule has 1 N–H and O–H groups in total. The molecule has 74 valence electrons. The lowest BCUT2D eigenvalue weighted by Gasteiger charge is -2.26. The highest BCUT2D eigenvalue weighted by Gasteiger charge is 2.49. The van der Waals surface area contributed by atoms with E-state index in [1.807, 2.05) is 0 Å². The van der Waals surface area contributed by atoms with Crippen LogP contribution < -0.4 is 5.32 Å². The Kier molecular flexibility index (Phi) is 2.85. The average molecular weight is 189 g/mol. The van der Waals surface area contributed by atoms with Crippen LogP contribution in [0, 0.1) is 0 Å².